The number of carbonyl (C=O) groups is 2. The van der Waals surface area contributed by atoms with Crippen molar-refractivity contribution in [2.45, 2.75) is 39.5 Å². The smallest absolute Gasteiger partial charge is 0.306 e. The molecule has 0 aliphatic carbocycles. The maximum atomic E-state index is 11.5. The third-order valence-electron chi connectivity index (χ3n) is 2.94. The summed E-state index contributed by atoms with van der Waals surface area (Å²) in [4.78, 5) is 22.0. The topological polar surface area (TPSA) is 92.4 Å². The van der Waals surface area contributed by atoms with Gasteiger partial charge < -0.3 is 16.2 Å². The third kappa shape index (κ3) is 7.74. The van der Waals surface area contributed by atoms with Crippen LogP contribution in [0.2, 0.25) is 0 Å². The Labute approximate surface area is 103 Å². The Morgan fingerprint density at radius 3 is 2.53 bits per heavy atom. The summed E-state index contributed by atoms with van der Waals surface area (Å²) in [5, 5.41) is 11.5. The van der Waals surface area contributed by atoms with E-state index in [0.29, 0.717) is 32.4 Å². The van der Waals surface area contributed by atoms with Gasteiger partial charge in [0.2, 0.25) is 5.91 Å². The molecule has 0 saturated carbocycles. The van der Waals surface area contributed by atoms with Crippen LogP contribution in [0.25, 0.3) is 0 Å². The number of hydrogen-bond acceptors (Lipinski definition) is 3. The zero-order valence-electron chi connectivity index (χ0n) is 10.7. The first kappa shape index (κ1) is 15.9. The predicted octanol–water partition coefficient (Wildman–Crippen LogP) is 0.979. The highest BCUT2D eigenvalue weighted by Crippen LogP contribution is 2.06. The van der Waals surface area contributed by atoms with Crippen molar-refractivity contribution in [1.82, 2.24) is 5.32 Å². The van der Waals surface area contributed by atoms with Crippen molar-refractivity contribution in [2.24, 2.45) is 17.6 Å². The summed E-state index contributed by atoms with van der Waals surface area (Å²) >= 11 is 0. The fourth-order valence-electron chi connectivity index (χ4n) is 1.49. The van der Waals surface area contributed by atoms with Crippen LogP contribution in [-0.4, -0.2) is 30.1 Å². The molecule has 100 valence electrons. The molecule has 0 aliphatic rings. The molecule has 2 atom stereocenters. The van der Waals surface area contributed by atoms with E-state index in [1.54, 1.807) is 6.92 Å². The number of carboxylic acid groups (broad SMARTS) is 1. The van der Waals surface area contributed by atoms with Gasteiger partial charge >= 0.3 is 5.97 Å². The molecule has 0 spiro atoms. The molecule has 0 rings (SSSR count). The van der Waals surface area contributed by atoms with Crippen LogP contribution in [0, 0.1) is 11.8 Å². The van der Waals surface area contributed by atoms with Crippen molar-refractivity contribution in [3.63, 3.8) is 0 Å². The highest BCUT2D eigenvalue weighted by Gasteiger charge is 2.12. The van der Waals surface area contributed by atoms with Crippen molar-refractivity contribution < 1.29 is 14.7 Å². The highest BCUT2D eigenvalue weighted by molar-refractivity contribution is 5.76. The summed E-state index contributed by atoms with van der Waals surface area (Å²) < 4.78 is 0. The van der Waals surface area contributed by atoms with Crippen LogP contribution in [0.3, 0.4) is 0 Å². The number of rotatable bonds is 9. The lowest BCUT2D eigenvalue weighted by atomic mass is 10.0. The Balaban J connectivity index is 3.61. The Hall–Kier alpha value is -1.10. The van der Waals surface area contributed by atoms with Gasteiger partial charge in [-0.3, -0.25) is 9.59 Å². The first-order valence-electron chi connectivity index (χ1n) is 6.20. The van der Waals surface area contributed by atoms with Gasteiger partial charge in [0.05, 0.1) is 5.92 Å². The second-order valence-corrected chi connectivity index (χ2v) is 4.45. The van der Waals surface area contributed by atoms with Gasteiger partial charge in [0.15, 0.2) is 0 Å². The molecule has 5 heteroatoms. The Morgan fingerprint density at radius 2 is 2.06 bits per heavy atom. The predicted molar refractivity (Wildman–Crippen MR) is 66.5 cm³/mol. The maximum Gasteiger partial charge on any atom is 0.306 e. The zero-order chi connectivity index (χ0) is 13.3. The molecule has 0 saturated heterocycles. The fraction of sp³-hybridized carbons (Fsp3) is 0.833. The number of hydrogen-bond donors (Lipinski definition) is 3. The molecule has 2 unspecified atom stereocenters. The van der Waals surface area contributed by atoms with Crippen molar-refractivity contribution in [3.8, 4) is 0 Å². The summed E-state index contributed by atoms with van der Waals surface area (Å²) in [6.07, 6.45) is 2.64. The molecule has 1 amide bonds. The quantitative estimate of drug-likeness (QED) is 0.527. The van der Waals surface area contributed by atoms with Crippen LogP contribution in [0.5, 0.6) is 0 Å². The molecule has 0 aromatic heterocycles. The molecular formula is C12H24N2O3. The maximum absolute atomic E-state index is 11.5. The van der Waals surface area contributed by atoms with Gasteiger partial charge in [-0.15, -0.1) is 0 Å². The fourth-order valence-corrected chi connectivity index (χ4v) is 1.49. The summed E-state index contributed by atoms with van der Waals surface area (Å²) in [6, 6.07) is 0. The van der Waals surface area contributed by atoms with Gasteiger partial charge in [0, 0.05) is 13.0 Å². The monoisotopic (exact) mass is 244 g/mol. The number of carbonyl (C=O) groups excluding carboxylic acids is 1. The molecule has 0 fully saturated rings. The van der Waals surface area contributed by atoms with E-state index in [0.717, 1.165) is 6.42 Å². The Kier molecular flexibility index (Phi) is 8.40. The van der Waals surface area contributed by atoms with Crippen LogP contribution < -0.4 is 11.1 Å². The standard InChI is InChI=1S/C12H24N2O3/c1-3-10(8-13)7-11(15)14-6-4-5-9(2)12(16)17/h9-10H,3-8,13H2,1-2H3,(H,14,15)(H,16,17). The van der Waals surface area contributed by atoms with Crippen LogP contribution >= 0.6 is 0 Å². The van der Waals surface area contributed by atoms with Crippen molar-refractivity contribution >= 4 is 11.9 Å². The lowest BCUT2D eigenvalue weighted by molar-refractivity contribution is -0.141. The minimum absolute atomic E-state index is 0.00489. The summed E-state index contributed by atoms with van der Waals surface area (Å²) in [6.45, 7) is 4.75. The molecule has 5 nitrogen and oxygen atoms in total. The lowest BCUT2D eigenvalue weighted by Crippen LogP contribution is -2.29. The second kappa shape index (κ2) is 8.98. The minimum Gasteiger partial charge on any atom is -0.481 e. The zero-order valence-corrected chi connectivity index (χ0v) is 10.7. The largest absolute Gasteiger partial charge is 0.481 e. The van der Waals surface area contributed by atoms with E-state index in [1.165, 1.54) is 0 Å². The molecule has 0 aromatic rings. The SMILES string of the molecule is CCC(CN)CC(=O)NCCCC(C)C(=O)O. The number of amides is 1. The van der Waals surface area contributed by atoms with Crippen LogP contribution in [0.15, 0.2) is 0 Å². The molecule has 0 heterocycles. The van der Waals surface area contributed by atoms with E-state index in [2.05, 4.69) is 5.32 Å². The molecule has 17 heavy (non-hydrogen) atoms. The highest BCUT2D eigenvalue weighted by atomic mass is 16.4. The van der Waals surface area contributed by atoms with Gasteiger partial charge in [-0.1, -0.05) is 20.3 Å². The molecule has 0 radical (unpaired) electrons. The van der Waals surface area contributed by atoms with E-state index < -0.39 is 5.97 Å². The normalized spacial score (nSPS) is 14.1. The van der Waals surface area contributed by atoms with E-state index >= 15 is 0 Å². The van der Waals surface area contributed by atoms with Crippen molar-refractivity contribution in [2.75, 3.05) is 13.1 Å². The average Bonchev–Trinajstić information content (AvgIpc) is 2.31. The third-order valence-corrected chi connectivity index (χ3v) is 2.94. The average molecular weight is 244 g/mol. The molecule has 4 N–H and O–H groups in total. The van der Waals surface area contributed by atoms with Gasteiger partial charge in [0.1, 0.15) is 0 Å². The van der Waals surface area contributed by atoms with Gasteiger partial charge in [0.25, 0.3) is 0 Å². The Morgan fingerprint density at radius 1 is 1.41 bits per heavy atom. The van der Waals surface area contributed by atoms with Gasteiger partial charge in [-0.25, -0.2) is 0 Å². The van der Waals surface area contributed by atoms with Crippen LogP contribution in [-0.2, 0) is 9.59 Å². The van der Waals surface area contributed by atoms with Gasteiger partial charge in [-0.2, -0.15) is 0 Å². The van der Waals surface area contributed by atoms with E-state index in [4.69, 9.17) is 10.8 Å². The van der Waals surface area contributed by atoms with Crippen molar-refractivity contribution in [1.29, 1.82) is 0 Å². The number of nitrogens with two attached hydrogens (primary N) is 1. The van der Waals surface area contributed by atoms with Gasteiger partial charge in [-0.05, 0) is 25.3 Å². The van der Waals surface area contributed by atoms with E-state index in [1.807, 2.05) is 6.92 Å². The lowest BCUT2D eigenvalue weighted by Gasteiger charge is -2.12. The van der Waals surface area contributed by atoms with E-state index in [9.17, 15) is 9.59 Å². The summed E-state index contributed by atoms with van der Waals surface area (Å²) in [5.41, 5.74) is 5.51. The number of aliphatic carboxylic acids is 1. The van der Waals surface area contributed by atoms with Crippen LogP contribution in [0.1, 0.15) is 39.5 Å². The molecular weight excluding hydrogens is 220 g/mol. The Bertz CT molecular complexity index is 240. The molecule has 0 bridgehead atoms. The first-order valence-corrected chi connectivity index (χ1v) is 6.20. The first-order chi connectivity index (χ1) is 8.01. The molecule has 0 aliphatic heterocycles. The number of carboxylic acids is 1. The number of nitrogens with one attached hydrogen (secondary N) is 1. The van der Waals surface area contributed by atoms with Crippen LogP contribution in [0.4, 0.5) is 0 Å². The second-order valence-electron chi connectivity index (χ2n) is 4.45. The van der Waals surface area contributed by atoms with Crippen molar-refractivity contribution in [3.05, 3.63) is 0 Å². The minimum atomic E-state index is -0.787. The molecule has 0 aromatic carbocycles. The van der Waals surface area contributed by atoms with E-state index in [-0.39, 0.29) is 17.7 Å². The summed E-state index contributed by atoms with van der Waals surface area (Å²) in [7, 11) is 0. The summed E-state index contributed by atoms with van der Waals surface area (Å²) in [5.74, 6) is -0.886.